The predicted octanol–water partition coefficient (Wildman–Crippen LogP) is 3.65. The molecule has 1 aliphatic rings. The van der Waals surface area contributed by atoms with E-state index >= 15 is 0 Å². The fourth-order valence-electron chi connectivity index (χ4n) is 3.51. The van der Waals surface area contributed by atoms with E-state index in [1.807, 2.05) is 24.4 Å². The maximum Gasteiger partial charge on any atom is 0.0416 e. The highest BCUT2D eigenvalue weighted by Gasteiger charge is 2.22. The number of likely N-dealkylation sites (tertiary alicyclic amines) is 1. The van der Waals surface area contributed by atoms with Gasteiger partial charge in [0.15, 0.2) is 0 Å². The van der Waals surface area contributed by atoms with Crippen molar-refractivity contribution in [3.05, 3.63) is 59.9 Å². The van der Waals surface area contributed by atoms with E-state index < -0.39 is 0 Å². The maximum absolute atomic E-state index is 5.88. The zero-order valence-corrected chi connectivity index (χ0v) is 17.0. The highest BCUT2D eigenvalue weighted by atomic mass is 35.5. The van der Waals surface area contributed by atoms with Gasteiger partial charge >= 0.3 is 0 Å². The van der Waals surface area contributed by atoms with Crippen LogP contribution in [0.15, 0.2) is 48.7 Å². The Kier molecular flexibility index (Phi) is 9.96. The molecule has 1 aliphatic heterocycles. The second-order valence-electron chi connectivity index (χ2n) is 6.80. The molecule has 2 aromatic rings. The molecule has 0 atom stereocenters. The van der Waals surface area contributed by atoms with Crippen molar-refractivity contribution in [2.24, 2.45) is 0 Å². The van der Waals surface area contributed by atoms with Gasteiger partial charge in [0, 0.05) is 43.1 Å². The van der Waals surface area contributed by atoms with Crippen LogP contribution in [0, 0.1) is 0 Å². The molecule has 0 spiro atoms. The first-order chi connectivity index (χ1) is 11.7. The molecule has 4 nitrogen and oxygen atoms in total. The SMILES string of the molecule is CN(Cc1cccc(N)c1)C1CCN(CCc2ccccn2)CC1.Cl.Cl. The summed E-state index contributed by atoms with van der Waals surface area (Å²) in [4.78, 5) is 9.46. The molecule has 2 N–H and O–H groups in total. The number of aromatic nitrogens is 1. The van der Waals surface area contributed by atoms with E-state index in [-0.39, 0.29) is 24.8 Å². The molecular weight excluding hydrogens is 367 g/mol. The van der Waals surface area contributed by atoms with Gasteiger partial charge in [-0.15, -0.1) is 24.8 Å². The highest BCUT2D eigenvalue weighted by molar-refractivity contribution is 5.85. The summed E-state index contributed by atoms with van der Waals surface area (Å²) in [5, 5.41) is 0. The van der Waals surface area contributed by atoms with E-state index in [0.717, 1.165) is 25.2 Å². The molecule has 3 rings (SSSR count). The zero-order chi connectivity index (χ0) is 16.8. The third-order valence-electron chi connectivity index (χ3n) is 4.97. The fourth-order valence-corrected chi connectivity index (χ4v) is 3.51. The first-order valence-corrected chi connectivity index (χ1v) is 8.87. The lowest BCUT2D eigenvalue weighted by molar-refractivity contribution is 0.124. The molecule has 1 fully saturated rings. The normalized spacial score (nSPS) is 15.3. The summed E-state index contributed by atoms with van der Waals surface area (Å²) in [7, 11) is 2.23. The lowest BCUT2D eigenvalue weighted by atomic mass is 10.0. The van der Waals surface area contributed by atoms with Crippen molar-refractivity contribution < 1.29 is 0 Å². The molecule has 26 heavy (non-hydrogen) atoms. The smallest absolute Gasteiger partial charge is 0.0416 e. The minimum atomic E-state index is 0. The molecule has 0 unspecified atom stereocenters. The van der Waals surface area contributed by atoms with Gasteiger partial charge in [0.25, 0.3) is 0 Å². The van der Waals surface area contributed by atoms with E-state index in [2.05, 4.69) is 46.1 Å². The van der Waals surface area contributed by atoms with E-state index in [9.17, 15) is 0 Å². The van der Waals surface area contributed by atoms with Crippen LogP contribution in [0.2, 0.25) is 0 Å². The summed E-state index contributed by atoms with van der Waals surface area (Å²) in [5.41, 5.74) is 9.23. The topological polar surface area (TPSA) is 45.4 Å². The van der Waals surface area contributed by atoms with Crippen molar-refractivity contribution in [2.45, 2.75) is 31.8 Å². The molecule has 0 saturated carbocycles. The number of nitrogens with two attached hydrogens (primary N) is 1. The van der Waals surface area contributed by atoms with Crippen LogP contribution in [0.4, 0.5) is 5.69 Å². The lowest BCUT2D eigenvalue weighted by Crippen LogP contribution is -2.43. The number of nitrogens with zero attached hydrogens (tertiary/aromatic N) is 3. The zero-order valence-electron chi connectivity index (χ0n) is 15.4. The Hall–Kier alpha value is -1.33. The molecule has 0 bridgehead atoms. The van der Waals surface area contributed by atoms with Crippen LogP contribution in [0.25, 0.3) is 0 Å². The number of anilines is 1. The average Bonchev–Trinajstić information content (AvgIpc) is 2.61. The summed E-state index contributed by atoms with van der Waals surface area (Å²) >= 11 is 0. The number of halogens is 2. The highest BCUT2D eigenvalue weighted by Crippen LogP contribution is 2.18. The van der Waals surface area contributed by atoms with E-state index in [1.165, 1.54) is 37.2 Å². The minimum absolute atomic E-state index is 0. The monoisotopic (exact) mass is 396 g/mol. The second kappa shape index (κ2) is 11.4. The van der Waals surface area contributed by atoms with Gasteiger partial charge in [-0.1, -0.05) is 18.2 Å². The molecule has 2 heterocycles. The van der Waals surface area contributed by atoms with Gasteiger partial charge < -0.3 is 10.6 Å². The first kappa shape index (κ1) is 22.7. The van der Waals surface area contributed by atoms with Crippen LogP contribution in [-0.2, 0) is 13.0 Å². The Balaban J connectivity index is 0.00000169. The summed E-state index contributed by atoms with van der Waals surface area (Å²) in [6.45, 7) is 4.45. The number of rotatable bonds is 6. The summed E-state index contributed by atoms with van der Waals surface area (Å²) in [6.07, 6.45) is 5.40. The molecule has 1 aromatic carbocycles. The van der Waals surface area contributed by atoms with E-state index in [0.29, 0.717) is 6.04 Å². The standard InChI is InChI=1S/C20H28N4.2ClH/c1-23(16-17-5-4-6-18(21)15-17)20-9-13-24(14-10-20)12-8-19-7-2-3-11-22-19;;/h2-7,11,15,20H,8-10,12-14,16,21H2,1H3;2*1H. The largest absolute Gasteiger partial charge is 0.399 e. The van der Waals surface area contributed by atoms with E-state index in [1.54, 1.807) is 0 Å². The van der Waals surface area contributed by atoms with Crippen LogP contribution in [0.5, 0.6) is 0 Å². The molecule has 1 saturated heterocycles. The Morgan fingerprint density at radius 1 is 1.12 bits per heavy atom. The molecule has 0 radical (unpaired) electrons. The first-order valence-electron chi connectivity index (χ1n) is 8.87. The van der Waals surface area contributed by atoms with Crippen LogP contribution in [-0.4, -0.2) is 47.5 Å². The quantitative estimate of drug-likeness (QED) is 0.756. The van der Waals surface area contributed by atoms with Crippen LogP contribution >= 0.6 is 24.8 Å². The summed E-state index contributed by atoms with van der Waals surface area (Å²) < 4.78 is 0. The molecule has 0 aliphatic carbocycles. The Morgan fingerprint density at radius 2 is 1.88 bits per heavy atom. The number of hydrogen-bond acceptors (Lipinski definition) is 4. The van der Waals surface area contributed by atoms with Crippen molar-refractivity contribution in [1.29, 1.82) is 0 Å². The van der Waals surface area contributed by atoms with Gasteiger partial charge in [0.05, 0.1) is 0 Å². The number of hydrogen-bond donors (Lipinski definition) is 1. The van der Waals surface area contributed by atoms with Crippen LogP contribution in [0.1, 0.15) is 24.1 Å². The van der Waals surface area contributed by atoms with Crippen molar-refractivity contribution in [1.82, 2.24) is 14.8 Å². The third-order valence-corrected chi connectivity index (χ3v) is 4.97. The second-order valence-corrected chi connectivity index (χ2v) is 6.80. The molecule has 1 aromatic heterocycles. The van der Waals surface area contributed by atoms with Gasteiger partial charge in [-0.2, -0.15) is 0 Å². The average molecular weight is 397 g/mol. The van der Waals surface area contributed by atoms with E-state index in [4.69, 9.17) is 5.73 Å². The van der Waals surface area contributed by atoms with Gasteiger partial charge in [0.2, 0.25) is 0 Å². The predicted molar refractivity (Wildman–Crippen MR) is 114 cm³/mol. The maximum atomic E-state index is 5.88. The Labute approximate surface area is 169 Å². The summed E-state index contributed by atoms with van der Waals surface area (Å²) in [5.74, 6) is 0. The van der Waals surface area contributed by atoms with Gasteiger partial charge in [-0.25, -0.2) is 0 Å². The Bertz CT molecular complexity index is 631. The van der Waals surface area contributed by atoms with Gasteiger partial charge in [-0.3, -0.25) is 9.88 Å². The minimum Gasteiger partial charge on any atom is -0.399 e. The number of nitrogen functional groups attached to an aromatic ring is 1. The number of benzene rings is 1. The van der Waals surface area contributed by atoms with Crippen LogP contribution in [0.3, 0.4) is 0 Å². The van der Waals surface area contributed by atoms with Crippen molar-refractivity contribution >= 4 is 30.5 Å². The molecule has 0 amide bonds. The lowest BCUT2D eigenvalue weighted by Gasteiger charge is -2.36. The van der Waals surface area contributed by atoms with Gasteiger partial charge in [-0.05, 0) is 62.8 Å². The third kappa shape index (κ3) is 6.76. The number of pyridine rings is 1. The molecular formula is C20H30Cl2N4. The van der Waals surface area contributed by atoms with Crippen molar-refractivity contribution in [2.75, 3.05) is 32.4 Å². The summed E-state index contributed by atoms with van der Waals surface area (Å²) in [6, 6.07) is 15.1. The molecule has 144 valence electrons. The molecule has 6 heteroatoms. The van der Waals surface area contributed by atoms with Crippen molar-refractivity contribution in [3.63, 3.8) is 0 Å². The number of piperidine rings is 1. The van der Waals surface area contributed by atoms with Crippen molar-refractivity contribution in [3.8, 4) is 0 Å². The van der Waals surface area contributed by atoms with Gasteiger partial charge in [0.1, 0.15) is 0 Å². The fraction of sp³-hybridized carbons (Fsp3) is 0.450. The Morgan fingerprint density at radius 3 is 2.54 bits per heavy atom. The van der Waals surface area contributed by atoms with Crippen LogP contribution < -0.4 is 5.73 Å².